The van der Waals surface area contributed by atoms with E-state index in [0.717, 1.165) is 104 Å². The normalized spacial score (nSPS) is 19.8. The number of benzene rings is 4. The SMILES string of the molecule is CC(C)OCC1OC(n2cc(/C=C/C(=O)NCCN(C)CCNC(=O)CN3/C(=C/c4cc[n+](C)c5ccccc45)Sc4ccccc43)c(=O)[nH]c2=O)CC1OP(=O)(O)OCC1OC(n2cc(/C=C/C(=O)NCCN(C)CCNC(=O)CN3/C(=C/c4cc[n+](C)c5ccccc45)Sc4ccccc43)c(=O)[nH]c2=O)CC1OP(=O)(O)OC(C)C. The lowest BCUT2D eigenvalue weighted by Gasteiger charge is -2.24. The van der Waals surface area contributed by atoms with Crippen molar-refractivity contribution in [2.75, 3.05) is 103 Å². The molecular formula is C80H96N14O19P2S2+2. The van der Waals surface area contributed by atoms with Gasteiger partial charge in [-0.25, -0.2) is 27.9 Å². The highest BCUT2D eigenvalue weighted by Crippen LogP contribution is 2.53. The minimum atomic E-state index is -5.24. The second kappa shape index (κ2) is 39.2. The molecule has 117 heavy (non-hydrogen) atoms. The number of fused-ring (bicyclic) bond motifs is 4. The maximum Gasteiger partial charge on any atom is 0.472 e. The Morgan fingerprint density at radius 2 is 0.974 bits per heavy atom. The Morgan fingerprint density at radius 1 is 0.564 bits per heavy atom. The summed E-state index contributed by atoms with van der Waals surface area (Å²) in [5.74, 6) is -1.49. The molecule has 12 rings (SSSR count). The van der Waals surface area contributed by atoms with Gasteiger partial charge in [-0.15, -0.1) is 0 Å². The van der Waals surface area contributed by atoms with Crippen LogP contribution in [0.2, 0.25) is 0 Å². The van der Waals surface area contributed by atoms with Crippen molar-refractivity contribution in [3.8, 4) is 0 Å². The van der Waals surface area contributed by atoms with Crippen LogP contribution in [-0.4, -0.2) is 192 Å². The number of hydrogen-bond acceptors (Lipinski definition) is 23. The fraction of sp³-hybridized carbons (Fsp3) is 0.375. The van der Waals surface area contributed by atoms with Crippen molar-refractivity contribution >= 4 is 120 Å². The van der Waals surface area contributed by atoms with E-state index in [2.05, 4.69) is 88.9 Å². The molecule has 8 aromatic rings. The molecular weight excluding hydrogens is 1590 g/mol. The third-order valence-electron chi connectivity index (χ3n) is 19.5. The predicted molar refractivity (Wildman–Crippen MR) is 443 cm³/mol. The first-order valence-corrected chi connectivity index (χ1v) is 42.7. The maximum absolute atomic E-state index is 14.0. The van der Waals surface area contributed by atoms with E-state index in [9.17, 15) is 57.3 Å². The van der Waals surface area contributed by atoms with Crippen LogP contribution in [0.15, 0.2) is 185 Å². The second-order valence-corrected chi connectivity index (χ2v) is 33.8. The van der Waals surface area contributed by atoms with Crippen LogP contribution in [0.5, 0.6) is 0 Å². The van der Waals surface area contributed by atoms with Crippen molar-refractivity contribution in [3.63, 3.8) is 0 Å². The number of pyridine rings is 2. The summed E-state index contributed by atoms with van der Waals surface area (Å²) in [5, 5.41) is 15.6. The zero-order valence-corrected chi connectivity index (χ0v) is 69.2. The first-order chi connectivity index (χ1) is 56.0. The summed E-state index contributed by atoms with van der Waals surface area (Å²) in [6, 6.07) is 36.3. The number of nitrogens with zero attached hydrogens (tertiary/aromatic N) is 8. The van der Waals surface area contributed by atoms with Crippen molar-refractivity contribution < 1.29 is 79.5 Å². The fourth-order valence-corrected chi connectivity index (χ4v) is 17.9. The van der Waals surface area contributed by atoms with Crippen LogP contribution < -0.4 is 62.7 Å². The molecule has 4 aliphatic rings. The smallest absolute Gasteiger partial charge is 0.376 e. The molecule has 0 radical (unpaired) electrons. The van der Waals surface area contributed by atoms with Gasteiger partial charge in [0, 0.05) is 124 Å². The number of amides is 4. The van der Waals surface area contributed by atoms with Crippen molar-refractivity contribution in [1.82, 2.24) is 50.2 Å². The number of aromatic nitrogens is 6. The Hall–Kier alpha value is -9.78. The summed E-state index contributed by atoms with van der Waals surface area (Å²) < 4.78 is 73.4. The third-order valence-corrected chi connectivity index (χ3v) is 23.9. The topological polar surface area (TPSA) is 386 Å². The van der Waals surface area contributed by atoms with Crippen molar-refractivity contribution in [3.05, 3.63) is 220 Å². The molecule has 2 saturated heterocycles. The first kappa shape index (κ1) is 86.6. The van der Waals surface area contributed by atoms with Crippen LogP contribution in [0, 0.1) is 0 Å². The Balaban J connectivity index is 0.607. The minimum absolute atomic E-state index is 0.0896. The zero-order valence-electron chi connectivity index (χ0n) is 65.8. The number of likely N-dealkylation sites (N-methyl/N-ethyl adjacent to an activating group) is 2. The van der Waals surface area contributed by atoms with E-state index >= 15 is 0 Å². The van der Waals surface area contributed by atoms with Gasteiger partial charge in [-0.3, -0.25) is 66.0 Å². The number of phosphoric ester groups is 2. The number of aromatic amines is 2. The Labute approximate surface area is 682 Å². The number of hydrogen-bond donors (Lipinski definition) is 8. The number of para-hydroxylation sites is 4. The summed E-state index contributed by atoms with van der Waals surface area (Å²) in [4.78, 5) is 143. The molecule has 8 atom stereocenters. The molecule has 33 nitrogen and oxygen atoms in total. The van der Waals surface area contributed by atoms with Gasteiger partial charge in [-0.05, 0) is 114 Å². The molecule has 4 aliphatic heterocycles. The van der Waals surface area contributed by atoms with Crippen LogP contribution in [-0.2, 0) is 74.7 Å². The average molecular weight is 1680 g/mol. The summed E-state index contributed by atoms with van der Waals surface area (Å²) in [7, 11) is -2.47. The van der Waals surface area contributed by atoms with Gasteiger partial charge in [0.15, 0.2) is 12.4 Å². The second-order valence-electron chi connectivity index (χ2n) is 28.9. The van der Waals surface area contributed by atoms with Gasteiger partial charge < -0.3 is 64.9 Å². The first-order valence-electron chi connectivity index (χ1n) is 38.1. The van der Waals surface area contributed by atoms with Crippen LogP contribution in [0.3, 0.4) is 0 Å². The Kier molecular flexibility index (Phi) is 29.0. The summed E-state index contributed by atoms with van der Waals surface area (Å²) in [5.41, 5.74) is 2.16. The Bertz CT molecular complexity index is 5480. The monoisotopic (exact) mass is 1680 g/mol. The third kappa shape index (κ3) is 22.9. The van der Waals surface area contributed by atoms with E-state index in [1.807, 2.05) is 133 Å². The number of carbonyl (C=O) groups excluding carboxylic acids is 4. The fourth-order valence-electron chi connectivity index (χ4n) is 13.6. The van der Waals surface area contributed by atoms with E-state index in [0.29, 0.717) is 39.3 Å². The van der Waals surface area contributed by atoms with E-state index < -0.39 is 106 Å². The van der Waals surface area contributed by atoms with E-state index in [1.165, 1.54) is 19.9 Å². The molecule has 37 heteroatoms. The van der Waals surface area contributed by atoms with Crippen molar-refractivity contribution in [2.24, 2.45) is 14.1 Å². The molecule has 4 amide bonds. The number of H-pyrrole nitrogens is 2. The number of nitrogens with one attached hydrogen (secondary N) is 6. The highest BCUT2D eigenvalue weighted by Gasteiger charge is 2.46. The molecule has 4 aromatic carbocycles. The van der Waals surface area contributed by atoms with E-state index in [4.69, 9.17) is 32.3 Å². The Morgan fingerprint density at radius 3 is 1.42 bits per heavy atom. The highest BCUT2D eigenvalue weighted by molar-refractivity contribution is 8.04. The number of thioether (sulfide) groups is 2. The van der Waals surface area contributed by atoms with Crippen molar-refractivity contribution in [2.45, 2.75) is 99.4 Å². The van der Waals surface area contributed by atoms with Gasteiger partial charge in [-0.2, -0.15) is 0 Å². The van der Waals surface area contributed by atoms with E-state index in [-0.39, 0.29) is 68.3 Å². The average Bonchev–Trinajstić information content (AvgIpc) is 1.69. The molecule has 0 bridgehead atoms. The highest BCUT2D eigenvalue weighted by atomic mass is 32.2. The van der Waals surface area contributed by atoms with Crippen LogP contribution >= 0.6 is 39.2 Å². The standard InChI is InChI=1S/C80H94N14O19P2S2/c1-51(2)107-49-65-63(43-73(109-65)93-45-55(77(99)85-79(93)101)25-27-69(95)81-31-37-87(5)39-33-83-71(97)47-91-61-21-13-15-23-67(61)116-75(91)41-53-29-35-89(7)59-19-11-9-17-57(53)59)112-114(103,104)108-50-66-64(113-115(105,106)111-52(3)4)44-74(110-66)94-46-56(78(100)86-80(94)102)26-28-70(96)82-32-38-88(6)40-34-84-72(98)48-92-62-22-14-16-24-68(62)117-76(92)42-54-30-36-90(8)60-20-12-10-18-58(54)60/h9-30,35-36,41-42,45-46,51-52,63-66,73-74H,31-34,37-40,43-44,47-50H2,1-8H3,(H6-2,81,82,83,84,85,86,95,96,97,98,99,100,101,102,103,104,105,106)/p+2/b27-25+,28-26+. The molecule has 2 fully saturated rings. The molecule has 0 spiro atoms. The van der Waals surface area contributed by atoms with Gasteiger partial charge in [0.2, 0.25) is 34.7 Å². The minimum Gasteiger partial charge on any atom is -0.376 e. The van der Waals surface area contributed by atoms with Crippen molar-refractivity contribution in [1.29, 1.82) is 0 Å². The van der Waals surface area contributed by atoms with Gasteiger partial charge in [0.25, 0.3) is 11.1 Å². The number of rotatable bonds is 36. The van der Waals surface area contributed by atoms with Gasteiger partial charge in [0.1, 0.15) is 64.1 Å². The largest absolute Gasteiger partial charge is 0.472 e. The summed E-state index contributed by atoms with van der Waals surface area (Å²) in [6.45, 7) is 8.23. The number of aryl methyl sites for hydroxylation is 2. The molecule has 8 N–H and O–H groups in total. The van der Waals surface area contributed by atoms with Gasteiger partial charge >= 0.3 is 27.0 Å². The molecule has 0 saturated carbocycles. The van der Waals surface area contributed by atoms with Gasteiger partial charge in [0.05, 0.1) is 68.8 Å². The number of anilines is 2. The maximum atomic E-state index is 14.0. The molecule has 4 aromatic heterocycles. The zero-order chi connectivity index (χ0) is 83.2. The van der Waals surface area contributed by atoms with E-state index in [1.54, 1.807) is 37.4 Å². The lowest BCUT2D eigenvalue weighted by Crippen LogP contribution is -2.40. The lowest BCUT2D eigenvalue weighted by molar-refractivity contribution is -0.645. The number of phosphoric acid groups is 2. The molecule has 8 heterocycles. The van der Waals surface area contributed by atoms with Crippen LogP contribution in [0.1, 0.15) is 75.2 Å². The van der Waals surface area contributed by atoms with Gasteiger partial charge in [-0.1, -0.05) is 72.1 Å². The number of ether oxygens (including phenoxy) is 3. The molecule has 0 aliphatic carbocycles. The molecule has 8 unspecified atom stereocenters. The predicted octanol–water partition coefficient (Wildman–Crippen LogP) is 6.03. The van der Waals surface area contributed by atoms with Crippen LogP contribution in [0.25, 0.3) is 46.1 Å². The number of carbonyl (C=O) groups is 4. The summed E-state index contributed by atoms with van der Waals surface area (Å²) >= 11 is 3.21. The molecule has 620 valence electrons. The quantitative estimate of drug-likeness (QED) is 0.0126. The summed E-state index contributed by atoms with van der Waals surface area (Å²) in [6.07, 6.45) is 5.05. The van der Waals surface area contributed by atoms with Crippen LogP contribution in [0.4, 0.5) is 11.4 Å². The lowest BCUT2D eigenvalue weighted by atomic mass is 10.1.